The van der Waals surface area contributed by atoms with Crippen LogP contribution in [0.25, 0.3) is 0 Å². The van der Waals surface area contributed by atoms with Gasteiger partial charge in [0.15, 0.2) is 5.82 Å². The minimum atomic E-state index is -0.680. The molecule has 1 heterocycles. The molecular weight excluding hydrogens is 220 g/mol. The lowest BCUT2D eigenvalue weighted by atomic mass is 9.85. The molecule has 0 spiro atoms. The number of carboxylic acid groups (broad SMARTS) is 1. The summed E-state index contributed by atoms with van der Waals surface area (Å²) in [6.07, 6.45) is 5.62. The first-order valence-electron chi connectivity index (χ1n) is 6.12. The number of hydrogen-bond donors (Lipinski definition) is 1. The molecule has 94 valence electrons. The third-order valence-corrected chi connectivity index (χ3v) is 3.47. The van der Waals surface area contributed by atoms with E-state index in [-0.39, 0.29) is 11.8 Å². The summed E-state index contributed by atoms with van der Waals surface area (Å²) >= 11 is 0. The van der Waals surface area contributed by atoms with Crippen molar-refractivity contribution in [3.8, 4) is 0 Å². The second-order valence-electron chi connectivity index (χ2n) is 4.74. The molecular formula is C11H18N4O2. The van der Waals surface area contributed by atoms with Gasteiger partial charge >= 0.3 is 5.97 Å². The van der Waals surface area contributed by atoms with E-state index in [4.69, 9.17) is 0 Å². The largest absolute Gasteiger partial charge is 0.481 e. The molecule has 1 aliphatic rings. The summed E-state index contributed by atoms with van der Waals surface area (Å²) < 4.78 is 0. The Kier molecular flexibility index (Phi) is 3.71. The van der Waals surface area contributed by atoms with Crippen LogP contribution in [0.2, 0.25) is 0 Å². The van der Waals surface area contributed by atoms with Gasteiger partial charge in [-0.1, -0.05) is 19.3 Å². The Bertz CT molecular complexity index is 391. The van der Waals surface area contributed by atoms with Gasteiger partial charge in [0.1, 0.15) is 0 Å². The number of aromatic nitrogens is 4. The van der Waals surface area contributed by atoms with Crippen molar-refractivity contribution in [2.45, 2.75) is 38.5 Å². The number of aryl methyl sites for hydroxylation is 1. The predicted octanol–water partition coefficient (Wildman–Crippen LogP) is 1.03. The fraction of sp³-hybridized carbons (Fsp3) is 0.818. The maximum atomic E-state index is 11.3. The number of nitrogens with zero attached hydrogens (tertiary/aromatic N) is 4. The van der Waals surface area contributed by atoms with Crippen LogP contribution >= 0.6 is 0 Å². The van der Waals surface area contributed by atoms with Gasteiger partial charge in [-0.25, -0.2) is 0 Å². The van der Waals surface area contributed by atoms with E-state index >= 15 is 0 Å². The minimum absolute atomic E-state index is 0.152. The Morgan fingerprint density at radius 2 is 2.18 bits per heavy atom. The van der Waals surface area contributed by atoms with E-state index in [1.54, 1.807) is 7.05 Å². The van der Waals surface area contributed by atoms with Gasteiger partial charge in [0, 0.05) is 6.42 Å². The maximum Gasteiger partial charge on any atom is 0.306 e. The molecule has 6 heteroatoms. The first-order valence-corrected chi connectivity index (χ1v) is 6.12. The lowest BCUT2D eigenvalue weighted by molar-refractivity contribution is -0.143. The fourth-order valence-electron chi connectivity index (χ4n) is 2.59. The van der Waals surface area contributed by atoms with E-state index in [0.29, 0.717) is 12.2 Å². The van der Waals surface area contributed by atoms with Crippen molar-refractivity contribution in [1.29, 1.82) is 0 Å². The maximum absolute atomic E-state index is 11.3. The fourth-order valence-corrected chi connectivity index (χ4v) is 2.59. The molecule has 6 nitrogen and oxygen atoms in total. The molecule has 0 aliphatic heterocycles. The van der Waals surface area contributed by atoms with Gasteiger partial charge in [-0.15, -0.1) is 10.2 Å². The Labute approximate surface area is 100 Å². The van der Waals surface area contributed by atoms with E-state index < -0.39 is 5.97 Å². The normalized spacial score (nSPS) is 25.5. The molecule has 1 aromatic heterocycles. The van der Waals surface area contributed by atoms with E-state index in [1.165, 1.54) is 4.80 Å². The van der Waals surface area contributed by atoms with Crippen molar-refractivity contribution < 1.29 is 9.90 Å². The zero-order valence-corrected chi connectivity index (χ0v) is 10.0. The second kappa shape index (κ2) is 5.25. The van der Waals surface area contributed by atoms with Crippen LogP contribution < -0.4 is 0 Å². The molecule has 1 aromatic rings. The Balaban J connectivity index is 2.07. The lowest BCUT2D eigenvalue weighted by Gasteiger charge is -2.19. The van der Waals surface area contributed by atoms with E-state index in [1.807, 2.05) is 0 Å². The van der Waals surface area contributed by atoms with Gasteiger partial charge in [-0.05, 0) is 24.0 Å². The summed E-state index contributed by atoms with van der Waals surface area (Å²) in [7, 11) is 1.72. The molecule has 1 aliphatic carbocycles. The topological polar surface area (TPSA) is 80.9 Å². The van der Waals surface area contributed by atoms with Crippen LogP contribution in [0.1, 0.15) is 37.9 Å². The highest BCUT2D eigenvalue weighted by Crippen LogP contribution is 2.30. The van der Waals surface area contributed by atoms with Crippen LogP contribution in [0.4, 0.5) is 0 Å². The molecule has 0 bridgehead atoms. The van der Waals surface area contributed by atoms with Gasteiger partial charge in [0.05, 0.1) is 13.0 Å². The van der Waals surface area contributed by atoms with E-state index in [0.717, 1.165) is 32.1 Å². The predicted molar refractivity (Wildman–Crippen MR) is 60.2 cm³/mol. The molecule has 17 heavy (non-hydrogen) atoms. The minimum Gasteiger partial charge on any atom is -0.481 e. The molecule has 1 N–H and O–H groups in total. The lowest BCUT2D eigenvalue weighted by Crippen LogP contribution is -2.24. The molecule has 2 rings (SSSR count). The first kappa shape index (κ1) is 12.0. The first-order chi connectivity index (χ1) is 8.16. The smallest absolute Gasteiger partial charge is 0.306 e. The van der Waals surface area contributed by atoms with Gasteiger partial charge in [0.25, 0.3) is 0 Å². The molecule has 2 atom stereocenters. The standard InChI is InChI=1S/C11H18N4O2/c1-15-13-10(12-14-15)7-8-5-3-2-4-6-9(8)11(16)17/h8-9H,2-7H2,1H3,(H,16,17). The van der Waals surface area contributed by atoms with E-state index in [2.05, 4.69) is 15.4 Å². The van der Waals surface area contributed by atoms with Crippen molar-refractivity contribution >= 4 is 5.97 Å². The van der Waals surface area contributed by atoms with Crippen LogP contribution in [0.15, 0.2) is 0 Å². The quantitative estimate of drug-likeness (QED) is 0.795. The molecule has 0 radical (unpaired) electrons. The van der Waals surface area contributed by atoms with Crippen LogP contribution in [0, 0.1) is 11.8 Å². The molecule has 1 saturated carbocycles. The molecule has 0 amide bonds. The van der Waals surface area contributed by atoms with Gasteiger partial charge < -0.3 is 5.11 Å². The zero-order valence-electron chi connectivity index (χ0n) is 10.0. The van der Waals surface area contributed by atoms with Crippen molar-refractivity contribution in [1.82, 2.24) is 20.2 Å². The van der Waals surface area contributed by atoms with Crippen molar-refractivity contribution in [3.05, 3.63) is 5.82 Å². The number of hydrogen-bond acceptors (Lipinski definition) is 4. The third-order valence-electron chi connectivity index (χ3n) is 3.47. The van der Waals surface area contributed by atoms with Crippen LogP contribution in [-0.2, 0) is 18.3 Å². The average Bonchev–Trinajstić information content (AvgIpc) is 2.55. The monoisotopic (exact) mass is 238 g/mol. The summed E-state index contributed by atoms with van der Waals surface area (Å²) in [5.74, 6) is -0.119. The second-order valence-corrected chi connectivity index (χ2v) is 4.74. The summed E-state index contributed by atoms with van der Waals surface area (Å²) in [6.45, 7) is 0. The van der Waals surface area contributed by atoms with E-state index in [9.17, 15) is 9.90 Å². The summed E-state index contributed by atoms with van der Waals surface area (Å²) in [4.78, 5) is 12.7. The Morgan fingerprint density at radius 3 is 2.82 bits per heavy atom. The summed E-state index contributed by atoms with van der Waals surface area (Å²) in [6, 6.07) is 0. The van der Waals surface area contributed by atoms with Crippen molar-refractivity contribution in [2.75, 3.05) is 0 Å². The highest BCUT2D eigenvalue weighted by Gasteiger charge is 2.30. The SMILES string of the molecule is Cn1nnc(CC2CCCCCC2C(=O)O)n1. The highest BCUT2D eigenvalue weighted by atomic mass is 16.4. The van der Waals surface area contributed by atoms with Crippen LogP contribution in [0.3, 0.4) is 0 Å². The highest BCUT2D eigenvalue weighted by molar-refractivity contribution is 5.70. The van der Waals surface area contributed by atoms with Crippen LogP contribution in [-0.4, -0.2) is 31.3 Å². The number of rotatable bonds is 3. The number of carbonyl (C=O) groups is 1. The third kappa shape index (κ3) is 3.01. The molecule has 2 unspecified atom stereocenters. The zero-order chi connectivity index (χ0) is 12.3. The molecule has 0 aromatic carbocycles. The van der Waals surface area contributed by atoms with Gasteiger partial charge in [-0.2, -0.15) is 4.80 Å². The molecule has 0 saturated heterocycles. The summed E-state index contributed by atoms with van der Waals surface area (Å²) in [5.41, 5.74) is 0. The number of carboxylic acids is 1. The van der Waals surface area contributed by atoms with Crippen LogP contribution in [0.5, 0.6) is 0 Å². The summed E-state index contributed by atoms with van der Waals surface area (Å²) in [5, 5.41) is 21.1. The number of aliphatic carboxylic acids is 1. The molecule has 1 fully saturated rings. The Morgan fingerprint density at radius 1 is 1.41 bits per heavy atom. The number of tetrazole rings is 1. The Hall–Kier alpha value is -1.46. The van der Waals surface area contributed by atoms with Crippen molar-refractivity contribution in [3.63, 3.8) is 0 Å². The van der Waals surface area contributed by atoms with Gasteiger partial charge in [-0.3, -0.25) is 4.79 Å². The van der Waals surface area contributed by atoms with Crippen molar-refractivity contribution in [2.24, 2.45) is 18.9 Å². The average molecular weight is 238 g/mol. The van der Waals surface area contributed by atoms with Gasteiger partial charge in [0.2, 0.25) is 0 Å².